The summed E-state index contributed by atoms with van der Waals surface area (Å²) >= 11 is 0. The second kappa shape index (κ2) is 4.52. The molecule has 88 valence electrons. The average molecular weight is 226 g/mol. The van der Waals surface area contributed by atoms with E-state index in [0.29, 0.717) is 0 Å². The molecule has 1 aliphatic carbocycles. The van der Waals surface area contributed by atoms with E-state index in [0.717, 1.165) is 31.9 Å². The van der Waals surface area contributed by atoms with Gasteiger partial charge in [-0.15, -0.1) is 0 Å². The van der Waals surface area contributed by atoms with Crippen LogP contribution in [0.1, 0.15) is 36.2 Å². The Kier molecular flexibility index (Phi) is 3.09. The second-order valence-corrected chi connectivity index (χ2v) is 3.95. The molecule has 2 rings (SSSR count). The van der Waals surface area contributed by atoms with E-state index in [1.807, 2.05) is 0 Å². The van der Waals surface area contributed by atoms with Gasteiger partial charge >= 0.3 is 5.97 Å². The molecule has 0 saturated heterocycles. The minimum absolute atomic E-state index is 0.103. The molecule has 1 aromatic heterocycles. The molecule has 2 atom stereocenters. The fourth-order valence-electron chi connectivity index (χ4n) is 1.88. The van der Waals surface area contributed by atoms with Crippen LogP contribution in [0, 0.1) is 0 Å². The van der Waals surface area contributed by atoms with Gasteiger partial charge in [-0.25, -0.2) is 4.79 Å². The number of hydrogen-bond donors (Lipinski definition) is 3. The van der Waals surface area contributed by atoms with Gasteiger partial charge in [0.15, 0.2) is 5.69 Å². The first kappa shape index (κ1) is 10.9. The fourth-order valence-corrected chi connectivity index (χ4v) is 1.88. The summed E-state index contributed by atoms with van der Waals surface area (Å²) < 4.78 is 4.96. The van der Waals surface area contributed by atoms with Crippen LogP contribution in [0.5, 0.6) is 0 Å². The number of carboxylic acids is 1. The molecule has 3 N–H and O–H groups in total. The van der Waals surface area contributed by atoms with Crippen molar-refractivity contribution in [2.24, 2.45) is 0 Å². The quantitative estimate of drug-likeness (QED) is 0.714. The van der Waals surface area contributed by atoms with Crippen LogP contribution < -0.4 is 5.32 Å². The minimum Gasteiger partial charge on any atom is -0.476 e. The van der Waals surface area contributed by atoms with Crippen molar-refractivity contribution in [3.05, 3.63) is 12.0 Å². The summed E-state index contributed by atoms with van der Waals surface area (Å²) in [5, 5.41) is 21.3. The predicted molar refractivity (Wildman–Crippen MR) is 55.3 cm³/mol. The van der Waals surface area contributed by atoms with E-state index < -0.39 is 12.1 Å². The molecule has 0 amide bonds. The van der Waals surface area contributed by atoms with Crippen LogP contribution in [0.15, 0.2) is 10.7 Å². The van der Waals surface area contributed by atoms with Gasteiger partial charge in [-0.05, 0) is 12.8 Å². The van der Waals surface area contributed by atoms with Crippen LogP contribution in [0.4, 0.5) is 6.01 Å². The predicted octanol–water partition coefficient (Wildman–Crippen LogP) is 1.09. The molecule has 1 heterocycles. The van der Waals surface area contributed by atoms with Crippen molar-refractivity contribution in [2.45, 2.75) is 37.8 Å². The van der Waals surface area contributed by atoms with Crippen molar-refractivity contribution >= 4 is 12.0 Å². The molecule has 0 spiro atoms. The Morgan fingerprint density at radius 3 is 2.88 bits per heavy atom. The number of carbonyl (C=O) groups is 1. The van der Waals surface area contributed by atoms with E-state index in [1.165, 1.54) is 0 Å². The van der Waals surface area contributed by atoms with Gasteiger partial charge in [0.1, 0.15) is 6.26 Å². The summed E-state index contributed by atoms with van der Waals surface area (Å²) in [6, 6.07) is 0.0531. The van der Waals surface area contributed by atoms with Crippen molar-refractivity contribution in [1.82, 2.24) is 4.98 Å². The molecule has 1 saturated carbocycles. The zero-order valence-corrected chi connectivity index (χ0v) is 8.72. The Hall–Kier alpha value is -1.56. The van der Waals surface area contributed by atoms with Gasteiger partial charge < -0.3 is 19.9 Å². The summed E-state index contributed by atoms with van der Waals surface area (Å²) in [6.07, 6.45) is 4.32. The van der Waals surface area contributed by atoms with Crippen LogP contribution in [-0.2, 0) is 0 Å². The van der Waals surface area contributed by atoms with Crippen molar-refractivity contribution in [3.8, 4) is 0 Å². The van der Waals surface area contributed by atoms with Gasteiger partial charge in [0.05, 0.1) is 12.1 Å². The Morgan fingerprint density at radius 1 is 1.50 bits per heavy atom. The van der Waals surface area contributed by atoms with E-state index >= 15 is 0 Å². The normalized spacial score (nSPS) is 25.3. The SMILES string of the molecule is O=C(O)c1coc(N[C@@H]2CCCC[C@H]2O)n1. The lowest BCUT2D eigenvalue weighted by atomic mass is 9.93. The standard InChI is InChI=1S/C10H14N2O4/c13-8-4-2-1-3-6(8)11-10-12-7(5-16-10)9(14)15/h5-6,8,13H,1-4H2,(H,11,12)(H,14,15)/t6-,8-/m1/s1. The van der Waals surface area contributed by atoms with Gasteiger partial charge in [-0.3, -0.25) is 0 Å². The molecule has 0 radical (unpaired) electrons. The number of anilines is 1. The maximum atomic E-state index is 10.6. The first-order valence-electron chi connectivity index (χ1n) is 5.30. The third-order valence-corrected chi connectivity index (χ3v) is 2.76. The van der Waals surface area contributed by atoms with E-state index in [2.05, 4.69) is 10.3 Å². The molecule has 16 heavy (non-hydrogen) atoms. The number of aliphatic hydroxyl groups is 1. The highest BCUT2D eigenvalue weighted by atomic mass is 16.4. The number of aromatic nitrogens is 1. The fraction of sp³-hybridized carbons (Fsp3) is 0.600. The van der Waals surface area contributed by atoms with E-state index in [-0.39, 0.29) is 17.8 Å². The maximum Gasteiger partial charge on any atom is 0.357 e. The lowest BCUT2D eigenvalue weighted by Gasteiger charge is -2.27. The van der Waals surface area contributed by atoms with Crippen LogP contribution >= 0.6 is 0 Å². The van der Waals surface area contributed by atoms with Crippen LogP contribution in [0.3, 0.4) is 0 Å². The molecule has 0 aromatic carbocycles. The Labute approximate surface area is 92.3 Å². The van der Waals surface area contributed by atoms with Crippen molar-refractivity contribution in [1.29, 1.82) is 0 Å². The summed E-state index contributed by atoms with van der Waals surface area (Å²) in [6.45, 7) is 0. The maximum absolute atomic E-state index is 10.6. The van der Waals surface area contributed by atoms with Gasteiger partial charge in [0.25, 0.3) is 6.01 Å². The number of nitrogens with zero attached hydrogens (tertiary/aromatic N) is 1. The second-order valence-electron chi connectivity index (χ2n) is 3.95. The summed E-state index contributed by atoms with van der Waals surface area (Å²) in [5.41, 5.74) is -0.132. The molecule has 1 aromatic rings. The average Bonchev–Trinajstić information content (AvgIpc) is 2.70. The van der Waals surface area contributed by atoms with Gasteiger partial charge in [-0.1, -0.05) is 12.8 Å². The van der Waals surface area contributed by atoms with Crippen LogP contribution in [0.2, 0.25) is 0 Å². The van der Waals surface area contributed by atoms with E-state index in [9.17, 15) is 9.90 Å². The van der Waals surface area contributed by atoms with Gasteiger partial charge in [0, 0.05) is 0 Å². The first-order valence-corrected chi connectivity index (χ1v) is 5.30. The smallest absolute Gasteiger partial charge is 0.357 e. The molecule has 1 fully saturated rings. The van der Waals surface area contributed by atoms with Crippen molar-refractivity contribution in [2.75, 3.05) is 5.32 Å². The lowest BCUT2D eigenvalue weighted by molar-refractivity contribution is 0.0690. The molecule has 1 aliphatic rings. The van der Waals surface area contributed by atoms with Crippen molar-refractivity contribution in [3.63, 3.8) is 0 Å². The first-order chi connectivity index (χ1) is 7.66. The van der Waals surface area contributed by atoms with Crippen molar-refractivity contribution < 1.29 is 19.4 Å². The number of nitrogens with one attached hydrogen (secondary N) is 1. The molecule has 0 bridgehead atoms. The number of oxazole rings is 1. The molecule has 0 aliphatic heterocycles. The monoisotopic (exact) mass is 226 g/mol. The topological polar surface area (TPSA) is 95.6 Å². The highest BCUT2D eigenvalue weighted by Gasteiger charge is 2.24. The molecule has 0 unspecified atom stereocenters. The third-order valence-electron chi connectivity index (χ3n) is 2.76. The number of aliphatic hydroxyl groups excluding tert-OH is 1. The Morgan fingerprint density at radius 2 is 2.25 bits per heavy atom. The molecular formula is C10H14N2O4. The Bertz CT molecular complexity index is 377. The van der Waals surface area contributed by atoms with Gasteiger partial charge in [-0.2, -0.15) is 4.98 Å². The Balaban J connectivity index is 1.99. The highest BCUT2D eigenvalue weighted by molar-refractivity contribution is 5.85. The summed E-state index contributed by atoms with van der Waals surface area (Å²) in [5.74, 6) is -1.12. The highest BCUT2D eigenvalue weighted by Crippen LogP contribution is 2.21. The zero-order chi connectivity index (χ0) is 11.5. The number of hydrogen-bond acceptors (Lipinski definition) is 5. The molecular weight excluding hydrogens is 212 g/mol. The number of carboxylic acid groups (broad SMARTS) is 1. The van der Waals surface area contributed by atoms with Crippen LogP contribution in [0.25, 0.3) is 0 Å². The summed E-state index contributed by atoms with van der Waals surface area (Å²) in [4.78, 5) is 14.3. The molecule has 6 nitrogen and oxygen atoms in total. The number of rotatable bonds is 3. The van der Waals surface area contributed by atoms with E-state index in [4.69, 9.17) is 9.52 Å². The summed E-state index contributed by atoms with van der Waals surface area (Å²) in [7, 11) is 0. The lowest BCUT2D eigenvalue weighted by Crippen LogP contribution is -2.36. The van der Waals surface area contributed by atoms with Crippen LogP contribution in [-0.4, -0.2) is 33.3 Å². The van der Waals surface area contributed by atoms with E-state index in [1.54, 1.807) is 0 Å². The minimum atomic E-state index is -1.12. The third kappa shape index (κ3) is 2.33. The largest absolute Gasteiger partial charge is 0.476 e. The zero-order valence-electron chi connectivity index (χ0n) is 8.72. The molecule has 6 heteroatoms. The van der Waals surface area contributed by atoms with Gasteiger partial charge in [0.2, 0.25) is 0 Å². The number of aromatic carboxylic acids is 1.